The zero-order valence-corrected chi connectivity index (χ0v) is 14.0. The number of carbonyl (C=O) groups is 2. The second-order valence-corrected chi connectivity index (χ2v) is 6.14. The van der Waals surface area contributed by atoms with E-state index in [1.165, 1.54) is 11.6 Å². The number of benzene rings is 1. The molecule has 1 aromatic carbocycles. The van der Waals surface area contributed by atoms with E-state index in [2.05, 4.69) is 28.3 Å². The highest BCUT2D eigenvalue weighted by Crippen LogP contribution is 2.19. The molecule has 1 atom stereocenters. The standard InChI is InChI=1S/C20H21N3O2/c1-2-19(24)22-13-14-5-7-15(8-6-14)20(25)23-17-9-10-18-16(12-17)4-3-11-21-18/h2-8,11,17H,1,9-10,12-13H2,(H,22,24)(H,23,25). The van der Waals surface area contributed by atoms with Crippen LogP contribution in [0.25, 0.3) is 0 Å². The molecule has 0 bridgehead atoms. The lowest BCUT2D eigenvalue weighted by Gasteiger charge is -2.24. The van der Waals surface area contributed by atoms with Crippen LogP contribution in [0.2, 0.25) is 0 Å². The molecule has 1 aromatic heterocycles. The lowest BCUT2D eigenvalue weighted by atomic mass is 9.91. The fourth-order valence-electron chi connectivity index (χ4n) is 2.99. The van der Waals surface area contributed by atoms with Crippen molar-refractivity contribution < 1.29 is 9.59 Å². The Balaban J connectivity index is 1.57. The van der Waals surface area contributed by atoms with E-state index in [0.29, 0.717) is 12.1 Å². The van der Waals surface area contributed by atoms with Crippen molar-refractivity contribution in [1.82, 2.24) is 15.6 Å². The quantitative estimate of drug-likeness (QED) is 0.823. The number of hydrogen-bond donors (Lipinski definition) is 2. The number of nitrogens with zero attached hydrogens (tertiary/aromatic N) is 1. The Labute approximate surface area is 147 Å². The van der Waals surface area contributed by atoms with Crippen LogP contribution in [0.15, 0.2) is 55.3 Å². The Hall–Kier alpha value is -2.95. The minimum absolute atomic E-state index is 0.0704. The number of aromatic nitrogens is 1. The van der Waals surface area contributed by atoms with Gasteiger partial charge in [-0.3, -0.25) is 14.6 Å². The summed E-state index contributed by atoms with van der Waals surface area (Å²) in [5.41, 5.74) is 3.91. The van der Waals surface area contributed by atoms with Crippen molar-refractivity contribution in [2.45, 2.75) is 31.8 Å². The van der Waals surface area contributed by atoms with E-state index in [4.69, 9.17) is 0 Å². The Morgan fingerprint density at radius 2 is 2.04 bits per heavy atom. The van der Waals surface area contributed by atoms with Crippen molar-refractivity contribution in [3.63, 3.8) is 0 Å². The molecular weight excluding hydrogens is 314 g/mol. The van der Waals surface area contributed by atoms with Crippen molar-refractivity contribution >= 4 is 11.8 Å². The molecule has 0 aliphatic heterocycles. The van der Waals surface area contributed by atoms with E-state index < -0.39 is 0 Å². The minimum atomic E-state index is -0.214. The van der Waals surface area contributed by atoms with Crippen LogP contribution in [0, 0.1) is 0 Å². The number of carbonyl (C=O) groups excluding carboxylic acids is 2. The van der Waals surface area contributed by atoms with Gasteiger partial charge in [-0.1, -0.05) is 24.8 Å². The molecule has 5 heteroatoms. The highest BCUT2D eigenvalue weighted by molar-refractivity contribution is 5.94. The van der Waals surface area contributed by atoms with E-state index >= 15 is 0 Å². The molecule has 1 heterocycles. The fraction of sp³-hybridized carbons (Fsp3) is 0.250. The SMILES string of the molecule is C=CC(=O)NCc1ccc(C(=O)NC2CCc3ncccc3C2)cc1. The van der Waals surface area contributed by atoms with Gasteiger partial charge in [-0.2, -0.15) is 0 Å². The van der Waals surface area contributed by atoms with Gasteiger partial charge in [-0.15, -0.1) is 0 Å². The number of nitrogens with one attached hydrogen (secondary N) is 2. The number of hydrogen-bond acceptors (Lipinski definition) is 3. The molecule has 1 unspecified atom stereocenters. The highest BCUT2D eigenvalue weighted by Gasteiger charge is 2.21. The van der Waals surface area contributed by atoms with Crippen molar-refractivity contribution in [2.75, 3.05) is 0 Å². The Kier molecular flexibility index (Phi) is 5.23. The van der Waals surface area contributed by atoms with Crippen molar-refractivity contribution in [3.8, 4) is 0 Å². The Morgan fingerprint density at radius 1 is 1.24 bits per heavy atom. The molecule has 0 saturated carbocycles. The van der Waals surface area contributed by atoms with Crippen molar-refractivity contribution in [3.05, 3.63) is 77.6 Å². The van der Waals surface area contributed by atoms with Crippen LogP contribution in [0.1, 0.15) is 33.6 Å². The van der Waals surface area contributed by atoms with Crippen molar-refractivity contribution in [1.29, 1.82) is 0 Å². The third-order valence-electron chi connectivity index (χ3n) is 4.38. The summed E-state index contributed by atoms with van der Waals surface area (Å²) in [6.45, 7) is 3.83. The van der Waals surface area contributed by atoms with Crippen LogP contribution >= 0.6 is 0 Å². The molecule has 2 N–H and O–H groups in total. The fourth-order valence-corrected chi connectivity index (χ4v) is 2.99. The van der Waals surface area contributed by atoms with Gasteiger partial charge in [0.05, 0.1) is 0 Å². The summed E-state index contributed by atoms with van der Waals surface area (Å²) < 4.78 is 0. The lowest BCUT2D eigenvalue weighted by Crippen LogP contribution is -2.39. The predicted molar refractivity (Wildman–Crippen MR) is 96.0 cm³/mol. The van der Waals surface area contributed by atoms with E-state index in [-0.39, 0.29) is 17.9 Å². The molecule has 128 valence electrons. The van der Waals surface area contributed by atoms with Gasteiger partial charge >= 0.3 is 0 Å². The lowest BCUT2D eigenvalue weighted by molar-refractivity contribution is -0.116. The average Bonchev–Trinajstić information content (AvgIpc) is 2.66. The first-order chi connectivity index (χ1) is 12.2. The molecule has 3 rings (SSSR count). The first-order valence-corrected chi connectivity index (χ1v) is 8.38. The zero-order chi connectivity index (χ0) is 17.6. The van der Waals surface area contributed by atoms with Crippen LogP contribution in [0.3, 0.4) is 0 Å². The van der Waals surface area contributed by atoms with Gasteiger partial charge < -0.3 is 10.6 Å². The average molecular weight is 335 g/mol. The first-order valence-electron chi connectivity index (χ1n) is 8.38. The smallest absolute Gasteiger partial charge is 0.251 e. The van der Waals surface area contributed by atoms with Crippen LogP contribution in [-0.4, -0.2) is 22.8 Å². The normalized spacial score (nSPS) is 15.8. The van der Waals surface area contributed by atoms with E-state index in [1.54, 1.807) is 12.1 Å². The third-order valence-corrected chi connectivity index (χ3v) is 4.38. The summed E-state index contributed by atoms with van der Waals surface area (Å²) in [6, 6.07) is 11.4. The first kappa shape index (κ1) is 16.9. The van der Waals surface area contributed by atoms with E-state index in [9.17, 15) is 9.59 Å². The molecule has 2 amide bonds. The summed E-state index contributed by atoms with van der Waals surface area (Å²) in [6.07, 6.45) is 5.67. The monoisotopic (exact) mass is 335 g/mol. The van der Waals surface area contributed by atoms with Gasteiger partial charge in [-0.05, 0) is 54.7 Å². The largest absolute Gasteiger partial charge is 0.349 e. The van der Waals surface area contributed by atoms with Crippen LogP contribution < -0.4 is 10.6 Å². The summed E-state index contributed by atoms with van der Waals surface area (Å²) in [5.74, 6) is -0.284. The molecule has 0 saturated heterocycles. The molecule has 0 spiro atoms. The zero-order valence-electron chi connectivity index (χ0n) is 14.0. The number of fused-ring (bicyclic) bond motifs is 1. The topological polar surface area (TPSA) is 71.1 Å². The second kappa shape index (κ2) is 7.75. The number of pyridine rings is 1. The molecule has 1 aliphatic carbocycles. The number of aryl methyl sites for hydroxylation is 1. The minimum Gasteiger partial charge on any atom is -0.349 e. The maximum absolute atomic E-state index is 12.4. The predicted octanol–water partition coefficient (Wildman–Crippen LogP) is 2.17. The van der Waals surface area contributed by atoms with Crippen molar-refractivity contribution in [2.24, 2.45) is 0 Å². The molecule has 1 aliphatic rings. The van der Waals surface area contributed by atoms with Gasteiger partial charge in [0.15, 0.2) is 0 Å². The molecule has 2 aromatic rings. The van der Waals surface area contributed by atoms with E-state index in [1.807, 2.05) is 24.4 Å². The van der Waals surface area contributed by atoms with Crippen LogP contribution in [-0.2, 0) is 24.2 Å². The molecule has 0 radical (unpaired) electrons. The summed E-state index contributed by atoms with van der Waals surface area (Å²) in [5, 5.41) is 5.81. The maximum atomic E-state index is 12.4. The molecule has 5 nitrogen and oxygen atoms in total. The Bertz CT molecular complexity index is 784. The third kappa shape index (κ3) is 4.32. The summed E-state index contributed by atoms with van der Waals surface area (Å²) >= 11 is 0. The van der Waals surface area contributed by atoms with Crippen LogP contribution in [0.5, 0.6) is 0 Å². The van der Waals surface area contributed by atoms with Crippen LogP contribution in [0.4, 0.5) is 0 Å². The summed E-state index contributed by atoms with van der Waals surface area (Å²) in [7, 11) is 0. The van der Waals surface area contributed by atoms with Gasteiger partial charge in [0.25, 0.3) is 5.91 Å². The molecule has 0 fully saturated rings. The molecular formula is C20H21N3O2. The number of rotatable bonds is 5. The van der Waals surface area contributed by atoms with E-state index in [0.717, 1.165) is 30.5 Å². The van der Waals surface area contributed by atoms with Gasteiger partial charge in [0.1, 0.15) is 0 Å². The maximum Gasteiger partial charge on any atom is 0.251 e. The van der Waals surface area contributed by atoms with Gasteiger partial charge in [0.2, 0.25) is 5.91 Å². The highest BCUT2D eigenvalue weighted by atomic mass is 16.2. The Morgan fingerprint density at radius 3 is 2.80 bits per heavy atom. The van der Waals surface area contributed by atoms with Gasteiger partial charge in [-0.25, -0.2) is 0 Å². The van der Waals surface area contributed by atoms with Gasteiger partial charge in [0, 0.05) is 30.0 Å². The second-order valence-electron chi connectivity index (χ2n) is 6.14. The number of amides is 2. The molecule has 25 heavy (non-hydrogen) atoms. The summed E-state index contributed by atoms with van der Waals surface area (Å²) in [4.78, 5) is 28.0.